The zero-order chi connectivity index (χ0) is 10.8. The van der Waals surface area contributed by atoms with Crippen molar-refractivity contribution in [3.63, 3.8) is 0 Å². The monoisotopic (exact) mass is 224 g/mol. The van der Waals surface area contributed by atoms with Crippen molar-refractivity contribution in [1.82, 2.24) is 0 Å². The smallest absolute Gasteiger partial charge is 0.425 e. The predicted octanol–water partition coefficient (Wildman–Crippen LogP) is 2.94. The van der Waals surface area contributed by atoms with Gasteiger partial charge in [0.2, 0.25) is 0 Å². The fraction of sp³-hybridized carbons (Fsp3) is 0.375. The van der Waals surface area contributed by atoms with Crippen molar-refractivity contribution in [2.75, 3.05) is 6.61 Å². The largest absolute Gasteiger partial charge is 0.462 e. The first-order chi connectivity index (χ1) is 6.45. The van der Waals surface area contributed by atoms with E-state index in [2.05, 4.69) is 4.74 Å². The summed E-state index contributed by atoms with van der Waals surface area (Å²) in [6, 6.07) is 1.99. The van der Waals surface area contributed by atoms with E-state index in [4.69, 9.17) is 0 Å². The van der Waals surface area contributed by atoms with Crippen LogP contribution in [-0.2, 0) is 10.9 Å². The molecule has 0 unspecified atom stereocenters. The summed E-state index contributed by atoms with van der Waals surface area (Å²) >= 11 is 0.388. The van der Waals surface area contributed by atoms with Crippen molar-refractivity contribution in [3.05, 3.63) is 21.9 Å². The first kappa shape index (κ1) is 11.0. The molecule has 78 valence electrons. The van der Waals surface area contributed by atoms with Crippen molar-refractivity contribution in [2.24, 2.45) is 0 Å². The molecule has 6 heteroatoms. The number of carbonyl (C=O) groups is 1. The molecule has 2 nitrogen and oxygen atoms in total. The molecule has 1 aromatic heterocycles. The molecule has 1 aromatic rings. The van der Waals surface area contributed by atoms with Gasteiger partial charge in [-0.15, -0.1) is 11.3 Å². The quantitative estimate of drug-likeness (QED) is 0.722. The molecule has 0 aliphatic carbocycles. The third kappa shape index (κ3) is 2.47. The van der Waals surface area contributed by atoms with Crippen LogP contribution in [-0.4, -0.2) is 12.6 Å². The highest BCUT2D eigenvalue weighted by atomic mass is 32.1. The second kappa shape index (κ2) is 4.00. The van der Waals surface area contributed by atoms with Crippen molar-refractivity contribution in [3.8, 4) is 0 Å². The number of esters is 1. The molecule has 0 atom stereocenters. The molecular weight excluding hydrogens is 217 g/mol. The maximum Gasteiger partial charge on any atom is 0.425 e. The van der Waals surface area contributed by atoms with Gasteiger partial charge in [-0.05, 0) is 19.1 Å². The normalized spacial score (nSPS) is 11.4. The Kier molecular flexibility index (Phi) is 3.15. The number of ether oxygens (including phenoxy) is 1. The predicted molar refractivity (Wildman–Crippen MR) is 45.3 cm³/mol. The van der Waals surface area contributed by atoms with Crippen LogP contribution in [0.3, 0.4) is 0 Å². The first-order valence-corrected chi connectivity index (χ1v) is 4.61. The van der Waals surface area contributed by atoms with Crippen molar-refractivity contribution < 1.29 is 22.7 Å². The van der Waals surface area contributed by atoms with Crippen LogP contribution in [0.25, 0.3) is 0 Å². The van der Waals surface area contributed by atoms with Gasteiger partial charge in [-0.2, -0.15) is 13.2 Å². The molecule has 0 aliphatic rings. The van der Waals surface area contributed by atoms with Gasteiger partial charge < -0.3 is 4.74 Å². The van der Waals surface area contributed by atoms with Crippen molar-refractivity contribution in [1.29, 1.82) is 0 Å². The van der Waals surface area contributed by atoms with Crippen LogP contribution < -0.4 is 0 Å². The summed E-state index contributed by atoms with van der Waals surface area (Å²) in [4.78, 5) is 10.2. The highest BCUT2D eigenvalue weighted by Crippen LogP contribution is 2.34. The standard InChI is InChI=1S/C8H7F3O2S/c1-2-13-7(12)5-3-4-6(14-5)8(9,10)11/h3-4H,2H2,1H3. The Balaban J connectivity index is 2.83. The Bertz CT molecular complexity index is 330. The number of hydrogen-bond acceptors (Lipinski definition) is 3. The second-order valence-corrected chi connectivity index (χ2v) is 3.47. The maximum atomic E-state index is 12.1. The third-order valence-corrected chi connectivity index (χ3v) is 2.47. The molecule has 1 heterocycles. The lowest BCUT2D eigenvalue weighted by Gasteiger charge is -2.00. The minimum atomic E-state index is -4.39. The Labute approximate surface area is 82.3 Å². The SMILES string of the molecule is CCOC(=O)c1ccc(C(F)(F)F)s1. The highest BCUT2D eigenvalue weighted by Gasteiger charge is 2.33. The number of hydrogen-bond donors (Lipinski definition) is 0. The van der Waals surface area contributed by atoms with Gasteiger partial charge in [-0.3, -0.25) is 0 Å². The molecule has 0 fully saturated rings. The lowest BCUT2D eigenvalue weighted by molar-refractivity contribution is -0.134. The molecule has 0 saturated heterocycles. The summed E-state index contributed by atoms with van der Waals surface area (Å²) in [6.45, 7) is 1.74. The Morgan fingerprint density at radius 3 is 2.57 bits per heavy atom. The van der Waals surface area contributed by atoms with Gasteiger partial charge in [0.05, 0.1) is 6.61 Å². The van der Waals surface area contributed by atoms with Crippen LogP contribution in [0.15, 0.2) is 12.1 Å². The van der Waals surface area contributed by atoms with E-state index in [1.807, 2.05) is 0 Å². The van der Waals surface area contributed by atoms with E-state index < -0.39 is 17.0 Å². The molecule has 0 amide bonds. The zero-order valence-electron chi connectivity index (χ0n) is 7.22. The van der Waals surface area contributed by atoms with E-state index >= 15 is 0 Å². The summed E-state index contributed by atoms with van der Waals surface area (Å²) in [5.41, 5.74) is 0. The van der Waals surface area contributed by atoms with Gasteiger partial charge in [-0.1, -0.05) is 0 Å². The molecule has 1 rings (SSSR count). The summed E-state index contributed by atoms with van der Waals surface area (Å²) in [5, 5.41) is 0. The molecule has 0 saturated carbocycles. The molecular formula is C8H7F3O2S. The van der Waals surface area contributed by atoms with Gasteiger partial charge in [-0.25, -0.2) is 4.79 Å². The number of carbonyl (C=O) groups excluding carboxylic acids is 1. The number of alkyl halides is 3. The number of thiophene rings is 1. The average Bonchev–Trinajstić information content (AvgIpc) is 2.51. The molecule has 0 bridgehead atoms. The lowest BCUT2D eigenvalue weighted by atomic mass is 10.4. The topological polar surface area (TPSA) is 26.3 Å². The number of rotatable bonds is 2. The second-order valence-electron chi connectivity index (χ2n) is 2.38. The van der Waals surface area contributed by atoms with Crippen molar-refractivity contribution in [2.45, 2.75) is 13.1 Å². The number of halogens is 3. The van der Waals surface area contributed by atoms with Crippen LogP contribution in [0.2, 0.25) is 0 Å². The van der Waals surface area contributed by atoms with Crippen molar-refractivity contribution >= 4 is 17.3 Å². The Morgan fingerprint density at radius 1 is 1.50 bits per heavy atom. The van der Waals surface area contributed by atoms with Gasteiger partial charge in [0.15, 0.2) is 0 Å². The van der Waals surface area contributed by atoms with Gasteiger partial charge in [0.1, 0.15) is 9.75 Å². The van der Waals surface area contributed by atoms with Gasteiger partial charge in [0.25, 0.3) is 0 Å². The highest BCUT2D eigenvalue weighted by molar-refractivity contribution is 7.14. The Morgan fingerprint density at radius 2 is 2.14 bits per heavy atom. The summed E-state index contributed by atoms with van der Waals surface area (Å²) in [6.07, 6.45) is -4.39. The maximum absolute atomic E-state index is 12.1. The average molecular weight is 224 g/mol. The van der Waals surface area contributed by atoms with E-state index in [9.17, 15) is 18.0 Å². The van der Waals surface area contributed by atoms with E-state index in [1.165, 1.54) is 0 Å². The van der Waals surface area contributed by atoms with Gasteiger partial charge >= 0.3 is 12.1 Å². The van der Waals surface area contributed by atoms with Crippen LogP contribution in [0.4, 0.5) is 13.2 Å². The summed E-state index contributed by atoms with van der Waals surface area (Å²) in [7, 11) is 0. The zero-order valence-corrected chi connectivity index (χ0v) is 8.04. The van der Waals surface area contributed by atoms with E-state index in [0.717, 1.165) is 12.1 Å². The van der Waals surface area contributed by atoms with Crippen LogP contribution in [0.1, 0.15) is 21.5 Å². The van der Waals surface area contributed by atoms with Crippen LogP contribution >= 0.6 is 11.3 Å². The Hall–Kier alpha value is -1.04. The summed E-state index contributed by atoms with van der Waals surface area (Å²) < 4.78 is 40.9. The van der Waals surface area contributed by atoms with Crippen LogP contribution in [0, 0.1) is 0 Å². The van der Waals surface area contributed by atoms with E-state index in [0.29, 0.717) is 11.3 Å². The minimum Gasteiger partial charge on any atom is -0.462 e. The summed E-state index contributed by atoms with van der Waals surface area (Å²) in [5.74, 6) is -0.715. The fourth-order valence-electron chi connectivity index (χ4n) is 0.802. The molecule has 0 radical (unpaired) electrons. The molecule has 14 heavy (non-hydrogen) atoms. The van der Waals surface area contributed by atoms with E-state index in [1.54, 1.807) is 6.92 Å². The molecule has 0 aromatic carbocycles. The first-order valence-electron chi connectivity index (χ1n) is 3.79. The molecule has 0 spiro atoms. The minimum absolute atomic E-state index is 0.0285. The molecule has 0 N–H and O–H groups in total. The fourth-order valence-corrected chi connectivity index (χ4v) is 1.57. The molecule has 0 aliphatic heterocycles. The lowest BCUT2D eigenvalue weighted by Crippen LogP contribution is -2.02. The third-order valence-electron chi connectivity index (χ3n) is 1.36. The van der Waals surface area contributed by atoms with Crippen LogP contribution in [0.5, 0.6) is 0 Å². The van der Waals surface area contributed by atoms with Gasteiger partial charge in [0, 0.05) is 0 Å². The van der Waals surface area contributed by atoms with E-state index in [-0.39, 0.29) is 11.5 Å².